The van der Waals surface area contributed by atoms with E-state index in [9.17, 15) is 9.59 Å². The standard InChI is InChI=1S/C19H26N4O4/c1-19(2,3)27-18(25)22-10-11-26-16-12-15(17(24)21-9-8-20)23-14-7-5-4-6-13(14)16/h4-7,12H,8-11,20H2,1-3H3,(H,21,24)(H,22,25). The molecule has 0 aliphatic carbocycles. The van der Waals surface area contributed by atoms with Crippen LogP contribution in [0.2, 0.25) is 0 Å². The molecule has 0 bridgehead atoms. The molecular weight excluding hydrogens is 348 g/mol. The maximum absolute atomic E-state index is 12.2. The van der Waals surface area contributed by atoms with Crippen molar-refractivity contribution in [3.63, 3.8) is 0 Å². The summed E-state index contributed by atoms with van der Waals surface area (Å²) in [6, 6.07) is 8.96. The number of nitrogens with two attached hydrogens (primary N) is 1. The largest absolute Gasteiger partial charge is 0.491 e. The molecule has 8 heteroatoms. The summed E-state index contributed by atoms with van der Waals surface area (Å²) >= 11 is 0. The van der Waals surface area contributed by atoms with E-state index in [1.807, 2.05) is 18.2 Å². The Hall–Kier alpha value is -2.87. The van der Waals surface area contributed by atoms with Gasteiger partial charge in [0.15, 0.2) is 0 Å². The smallest absolute Gasteiger partial charge is 0.407 e. The van der Waals surface area contributed by atoms with E-state index < -0.39 is 11.7 Å². The van der Waals surface area contributed by atoms with E-state index >= 15 is 0 Å². The second kappa shape index (κ2) is 9.18. The first-order valence-electron chi connectivity index (χ1n) is 8.78. The molecule has 0 saturated carbocycles. The van der Waals surface area contributed by atoms with Crippen LogP contribution < -0.4 is 21.1 Å². The van der Waals surface area contributed by atoms with Crippen LogP contribution in [0.4, 0.5) is 4.79 Å². The maximum atomic E-state index is 12.2. The zero-order valence-corrected chi connectivity index (χ0v) is 15.9. The van der Waals surface area contributed by atoms with Gasteiger partial charge in [-0.2, -0.15) is 0 Å². The number of aromatic nitrogens is 1. The molecule has 2 aromatic rings. The molecule has 27 heavy (non-hydrogen) atoms. The van der Waals surface area contributed by atoms with Crippen LogP contribution in [0.25, 0.3) is 10.9 Å². The predicted octanol–water partition coefficient (Wildman–Crippen LogP) is 1.83. The van der Waals surface area contributed by atoms with Crippen molar-refractivity contribution in [3.05, 3.63) is 36.0 Å². The number of hydrogen-bond donors (Lipinski definition) is 3. The topological polar surface area (TPSA) is 116 Å². The number of nitrogens with zero attached hydrogens (tertiary/aromatic N) is 1. The van der Waals surface area contributed by atoms with Gasteiger partial charge in [-0.25, -0.2) is 9.78 Å². The van der Waals surface area contributed by atoms with E-state index in [0.29, 0.717) is 24.4 Å². The fraction of sp³-hybridized carbons (Fsp3) is 0.421. The third-order valence-electron chi connectivity index (χ3n) is 3.37. The summed E-state index contributed by atoms with van der Waals surface area (Å²) in [6.07, 6.45) is -0.507. The number of alkyl carbamates (subject to hydrolysis) is 1. The first kappa shape index (κ1) is 20.4. The third-order valence-corrected chi connectivity index (χ3v) is 3.37. The number of fused-ring (bicyclic) bond motifs is 1. The summed E-state index contributed by atoms with van der Waals surface area (Å²) in [7, 11) is 0. The van der Waals surface area contributed by atoms with Gasteiger partial charge in [-0.3, -0.25) is 4.79 Å². The number of rotatable bonds is 7. The van der Waals surface area contributed by atoms with Gasteiger partial charge in [0.2, 0.25) is 0 Å². The lowest BCUT2D eigenvalue weighted by molar-refractivity contribution is 0.0520. The molecule has 4 N–H and O–H groups in total. The zero-order chi connectivity index (χ0) is 19.9. The molecule has 8 nitrogen and oxygen atoms in total. The average molecular weight is 374 g/mol. The Morgan fingerprint density at radius 2 is 1.89 bits per heavy atom. The fourth-order valence-electron chi connectivity index (χ4n) is 2.28. The lowest BCUT2D eigenvalue weighted by Gasteiger charge is -2.19. The molecule has 0 fully saturated rings. The van der Waals surface area contributed by atoms with Gasteiger partial charge in [0.25, 0.3) is 5.91 Å². The number of carbonyl (C=O) groups is 2. The second-order valence-corrected chi connectivity index (χ2v) is 6.84. The molecule has 1 aromatic heterocycles. The second-order valence-electron chi connectivity index (χ2n) is 6.84. The van der Waals surface area contributed by atoms with Crippen LogP contribution in [0, 0.1) is 0 Å². The van der Waals surface area contributed by atoms with Crippen molar-refractivity contribution in [1.82, 2.24) is 15.6 Å². The molecule has 0 spiro atoms. The summed E-state index contributed by atoms with van der Waals surface area (Å²) in [5.74, 6) is 0.201. The minimum atomic E-state index is -0.558. The van der Waals surface area contributed by atoms with Crippen molar-refractivity contribution >= 4 is 22.9 Å². The number of amides is 2. The monoisotopic (exact) mass is 374 g/mol. The molecule has 0 radical (unpaired) electrons. The van der Waals surface area contributed by atoms with Crippen molar-refractivity contribution in [2.75, 3.05) is 26.2 Å². The lowest BCUT2D eigenvalue weighted by Crippen LogP contribution is -2.34. The van der Waals surface area contributed by atoms with Gasteiger partial charge >= 0.3 is 6.09 Å². The highest BCUT2D eigenvalue weighted by atomic mass is 16.6. The van der Waals surface area contributed by atoms with E-state index in [1.165, 1.54) is 0 Å². The van der Waals surface area contributed by atoms with Crippen LogP contribution in [-0.4, -0.2) is 48.8 Å². The highest BCUT2D eigenvalue weighted by Gasteiger charge is 2.16. The molecule has 0 atom stereocenters. The highest BCUT2D eigenvalue weighted by molar-refractivity contribution is 5.97. The number of para-hydroxylation sites is 1. The van der Waals surface area contributed by atoms with Crippen molar-refractivity contribution in [2.45, 2.75) is 26.4 Å². The van der Waals surface area contributed by atoms with E-state index in [4.69, 9.17) is 15.2 Å². The lowest BCUT2D eigenvalue weighted by atomic mass is 10.1. The Morgan fingerprint density at radius 3 is 2.59 bits per heavy atom. The fourth-order valence-corrected chi connectivity index (χ4v) is 2.28. The Kier molecular flexibility index (Phi) is 6.95. The molecule has 2 amide bonds. The number of benzene rings is 1. The van der Waals surface area contributed by atoms with E-state index in [1.54, 1.807) is 32.9 Å². The Morgan fingerprint density at radius 1 is 1.15 bits per heavy atom. The van der Waals surface area contributed by atoms with Gasteiger partial charge in [0.1, 0.15) is 23.7 Å². The first-order chi connectivity index (χ1) is 12.8. The number of pyridine rings is 1. The molecule has 0 aliphatic heterocycles. The quantitative estimate of drug-likeness (QED) is 0.637. The molecule has 1 heterocycles. The van der Waals surface area contributed by atoms with Gasteiger partial charge in [-0.15, -0.1) is 0 Å². The van der Waals surface area contributed by atoms with Gasteiger partial charge in [0.05, 0.1) is 12.1 Å². The zero-order valence-electron chi connectivity index (χ0n) is 15.9. The highest BCUT2D eigenvalue weighted by Crippen LogP contribution is 2.25. The predicted molar refractivity (Wildman–Crippen MR) is 103 cm³/mol. The average Bonchev–Trinajstić information content (AvgIpc) is 2.61. The number of ether oxygens (including phenoxy) is 2. The van der Waals surface area contributed by atoms with Crippen molar-refractivity contribution in [1.29, 1.82) is 0 Å². The number of carbonyl (C=O) groups excluding carboxylic acids is 2. The summed E-state index contributed by atoms with van der Waals surface area (Å²) in [5.41, 5.74) is 5.75. The van der Waals surface area contributed by atoms with Crippen LogP contribution in [-0.2, 0) is 4.74 Å². The molecule has 0 unspecified atom stereocenters. The van der Waals surface area contributed by atoms with Crippen molar-refractivity contribution in [2.24, 2.45) is 5.73 Å². The van der Waals surface area contributed by atoms with Crippen LogP contribution >= 0.6 is 0 Å². The van der Waals surface area contributed by atoms with Crippen LogP contribution in [0.5, 0.6) is 5.75 Å². The van der Waals surface area contributed by atoms with Crippen LogP contribution in [0.1, 0.15) is 31.3 Å². The minimum absolute atomic E-state index is 0.219. The summed E-state index contributed by atoms with van der Waals surface area (Å²) in [6.45, 7) is 6.58. The van der Waals surface area contributed by atoms with Gasteiger partial charge in [0, 0.05) is 24.5 Å². The maximum Gasteiger partial charge on any atom is 0.407 e. The Balaban J connectivity index is 2.05. The molecule has 0 saturated heterocycles. The van der Waals surface area contributed by atoms with Gasteiger partial charge in [-0.05, 0) is 32.9 Å². The van der Waals surface area contributed by atoms with Gasteiger partial charge < -0.3 is 25.8 Å². The molecule has 0 aliphatic rings. The summed E-state index contributed by atoms with van der Waals surface area (Å²) < 4.78 is 10.9. The van der Waals surface area contributed by atoms with Gasteiger partial charge in [-0.1, -0.05) is 12.1 Å². The third kappa shape index (κ3) is 6.41. The summed E-state index contributed by atoms with van der Waals surface area (Å²) in [5, 5.41) is 6.10. The summed E-state index contributed by atoms with van der Waals surface area (Å²) in [4.78, 5) is 28.2. The SMILES string of the molecule is CC(C)(C)OC(=O)NCCOc1cc(C(=O)NCCN)nc2ccccc12. The van der Waals surface area contributed by atoms with E-state index in [-0.39, 0.29) is 24.8 Å². The normalized spacial score (nSPS) is 11.1. The molecule has 1 aromatic carbocycles. The van der Waals surface area contributed by atoms with E-state index in [0.717, 1.165) is 5.39 Å². The van der Waals surface area contributed by atoms with Crippen LogP contribution in [0.3, 0.4) is 0 Å². The number of nitrogens with one attached hydrogen (secondary N) is 2. The van der Waals surface area contributed by atoms with Crippen molar-refractivity contribution in [3.8, 4) is 5.75 Å². The van der Waals surface area contributed by atoms with Crippen molar-refractivity contribution < 1.29 is 19.1 Å². The molecule has 2 rings (SSSR count). The molecule has 146 valence electrons. The Bertz CT molecular complexity index is 802. The Labute approximate surface area is 158 Å². The van der Waals surface area contributed by atoms with E-state index in [2.05, 4.69) is 15.6 Å². The van der Waals surface area contributed by atoms with Crippen LogP contribution in [0.15, 0.2) is 30.3 Å². The molecular formula is C19H26N4O4. The first-order valence-corrected chi connectivity index (χ1v) is 8.78. The minimum Gasteiger partial charge on any atom is -0.491 e. The number of hydrogen-bond acceptors (Lipinski definition) is 6.